The van der Waals surface area contributed by atoms with Gasteiger partial charge in [0.25, 0.3) is 0 Å². The quantitative estimate of drug-likeness (QED) is 0.655. The summed E-state index contributed by atoms with van der Waals surface area (Å²) < 4.78 is 1.76. The smallest absolute Gasteiger partial charge is 0.214 e. The predicted molar refractivity (Wildman–Crippen MR) is 65.9 cm³/mol. The number of fused-ring (bicyclic) bond motifs is 2. The molecule has 4 nitrogen and oxygen atoms in total. The van der Waals surface area contributed by atoms with E-state index in [4.69, 9.17) is 0 Å². The number of hydrogen-bond acceptors (Lipinski definition) is 3. The molecule has 0 fully saturated rings. The van der Waals surface area contributed by atoms with Crippen LogP contribution in [-0.2, 0) is 0 Å². The number of imidazole rings is 1. The molecule has 0 bridgehead atoms. The van der Waals surface area contributed by atoms with Crippen molar-refractivity contribution in [1.82, 2.24) is 9.55 Å². The molecule has 2 aromatic rings. The molecule has 3 rings (SSSR count). The Morgan fingerprint density at radius 2 is 1.67 bits per heavy atom. The lowest BCUT2D eigenvalue weighted by atomic mass is 9.90. The van der Waals surface area contributed by atoms with Gasteiger partial charge in [0.2, 0.25) is 11.6 Å². The second-order valence-corrected chi connectivity index (χ2v) is 4.65. The number of rotatable bonds is 1. The number of ketones is 2. The Bertz CT molecular complexity index is 668. The van der Waals surface area contributed by atoms with Crippen LogP contribution >= 0.6 is 0 Å². The summed E-state index contributed by atoms with van der Waals surface area (Å²) in [4.78, 5) is 28.8. The molecular formula is C14H12N2O2. The third kappa shape index (κ3) is 1.29. The molecule has 1 aromatic carbocycles. The minimum Gasteiger partial charge on any atom is -0.325 e. The minimum absolute atomic E-state index is 0.100. The maximum absolute atomic E-state index is 12.4. The molecule has 4 heteroatoms. The Morgan fingerprint density at radius 3 is 2.28 bits per heavy atom. The van der Waals surface area contributed by atoms with Crippen molar-refractivity contribution in [3.63, 3.8) is 0 Å². The van der Waals surface area contributed by atoms with Gasteiger partial charge in [0, 0.05) is 17.2 Å². The van der Waals surface area contributed by atoms with Crippen molar-refractivity contribution in [2.45, 2.75) is 19.9 Å². The summed E-state index contributed by atoms with van der Waals surface area (Å²) in [5.74, 6) is -0.286. The van der Waals surface area contributed by atoms with E-state index in [-0.39, 0.29) is 23.3 Å². The summed E-state index contributed by atoms with van der Waals surface area (Å²) in [5.41, 5.74) is 1.60. The van der Waals surface area contributed by atoms with Gasteiger partial charge in [0.05, 0.1) is 6.33 Å². The van der Waals surface area contributed by atoms with Crippen molar-refractivity contribution in [1.29, 1.82) is 0 Å². The zero-order chi connectivity index (χ0) is 12.9. The maximum atomic E-state index is 12.4. The summed E-state index contributed by atoms with van der Waals surface area (Å²) in [6, 6.07) is 6.99. The molecule has 1 aliphatic rings. The van der Waals surface area contributed by atoms with E-state index in [1.807, 2.05) is 13.8 Å². The highest BCUT2D eigenvalue weighted by Gasteiger charge is 2.33. The van der Waals surface area contributed by atoms with E-state index < -0.39 is 0 Å². The molecule has 18 heavy (non-hydrogen) atoms. The second-order valence-electron chi connectivity index (χ2n) is 4.65. The Labute approximate surface area is 104 Å². The zero-order valence-electron chi connectivity index (χ0n) is 10.2. The largest absolute Gasteiger partial charge is 0.325 e. The first-order chi connectivity index (χ1) is 8.61. The van der Waals surface area contributed by atoms with Crippen LogP contribution in [0.3, 0.4) is 0 Å². The van der Waals surface area contributed by atoms with Crippen LogP contribution in [0.25, 0.3) is 0 Å². The molecule has 0 saturated carbocycles. The third-order valence-electron chi connectivity index (χ3n) is 3.20. The molecule has 1 aromatic heterocycles. The van der Waals surface area contributed by atoms with Gasteiger partial charge in [-0.05, 0) is 13.8 Å². The monoisotopic (exact) mass is 240 g/mol. The van der Waals surface area contributed by atoms with Gasteiger partial charge in [-0.3, -0.25) is 9.59 Å². The fourth-order valence-corrected chi connectivity index (χ4v) is 2.28. The lowest BCUT2D eigenvalue weighted by Gasteiger charge is -2.17. The summed E-state index contributed by atoms with van der Waals surface area (Å²) in [7, 11) is 0. The summed E-state index contributed by atoms with van der Waals surface area (Å²) in [6.07, 6.45) is 1.57. The van der Waals surface area contributed by atoms with Crippen molar-refractivity contribution in [2.75, 3.05) is 0 Å². The van der Waals surface area contributed by atoms with Gasteiger partial charge in [-0.2, -0.15) is 0 Å². The fourth-order valence-electron chi connectivity index (χ4n) is 2.28. The normalized spacial score (nSPS) is 13.7. The van der Waals surface area contributed by atoms with Gasteiger partial charge in [-0.25, -0.2) is 4.98 Å². The van der Waals surface area contributed by atoms with E-state index in [2.05, 4.69) is 4.98 Å². The molecule has 0 radical (unpaired) electrons. The lowest BCUT2D eigenvalue weighted by Crippen LogP contribution is -2.23. The Balaban J connectivity index is 2.29. The van der Waals surface area contributed by atoms with E-state index in [0.29, 0.717) is 16.8 Å². The van der Waals surface area contributed by atoms with Gasteiger partial charge in [-0.1, -0.05) is 24.3 Å². The van der Waals surface area contributed by atoms with Crippen molar-refractivity contribution in [2.24, 2.45) is 0 Å². The van der Waals surface area contributed by atoms with Crippen LogP contribution in [0.2, 0.25) is 0 Å². The first-order valence-corrected chi connectivity index (χ1v) is 5.86. The number of benzene rings is 1. The van der Waals surface area contributed by atoms with Crippen LogP contribution in [0.15, 0.2) is 30.6 Å². The number of hydrogen-bond donors (Lipinski definition) is 0. The highest BCUT2D eigenvalue weighted by Crippen LogP contribution is 2.27. The molecule has 0 atom stereocenters. The molecule has 0 aliphatic heterocycles. The van der Waals surface area contributed by atoms with Crippen LogP contribution in [-0.4, -0.2) is 21.1 Å². The number of nitrogens with zero attached hydrogens (tertiary/aromatic N) is 2. The molecule has 0 spiro atoms. The molecule has 0 saturated heterocycles. The standard InChI is InChI=1S/C14H12N2O2/c1-8(2)16-7-15-11-12(16)14(18)10-6-4-3-5-9(10)13(11)17/h3-8H,1-2H3. The Hall–Kier alpha value is -2.23. The van der Waals surface area contributed by atoms with E-state index in [0.717, 1.165) is 0 Å². The maximum Gasteiger partial charge on any atom is 0.214 e. The van der Waals surface area contributed by atoms with Gasteiger partial charge >= 0.3 is 0 Å². The van der Waals surface area contributed by atoms with Crippen molar-refractivity contribution < 1.29 is 9.59 Å². The minimum atomic E-state index is -0.167. The van der Waals surface area contributed by atoms with Crippen molar-refractivity contribution in [3.05, 3.63) is 53.1 Å². The lowest BCUT2D eigenvalue weighted by molar-refractivity contribution is 0.0970. The van der Waals surface area contributed by atoms with Crippen molar-refractivity contribution in [3.8, 4) is 0 Å². The topological polar surface area (TPSA) is 52.0 Å². The van der Waals surface area contributed by atoms with Gasteiger partial charge in [-0.15, -0.1) is 0 Å². The zero-order valence-corrected chi connectivity index (χ0v) is 10.2. The fraction of sp³-hybridized carbons (Fsp3) is 0.214. The summed E-state index contributed by atoms with van der Waals surface area (Å²) in [5, 5.41) is 0. The van der Waals surface area contributed by atoms with Gasteiger partial charge in [0.15, 0.2) is 0 Å². The van der Waals surface area contributed by atoms with Gasteiger partial charge < -0.3 is 4.57 Å². The summed E-state index contributed by atoms with van der Waals surface area (Å²) in [6.45, 7) is 3.92. The molecular weight excluding hydrogens is 228 g/mol. The van der Waals surface area contributed by atoms with Crippen LogP contribution in [0.4, 0.5) is 0 Å². The average molecular weight is 240 g/mol. The Kier molecular flexibility index (Phi) is 2.20. The predicted octanol–water partition coefficient (Wildman–Crippen LogP) is 2.24. The highest BCUT2D eigenvalue weighted by molar-refractivity contribution is 6.27. The van der Waals surface area contributed by atoms with E-state index in [9.17, 15) is 9.59 Å². The number of aromatic nitrogens is 2. The van der Waals surface area contributed by atoms with E-state index in [1.54, 1.807) is 35.2 Å². The second kappa shape index (κ2) is 3.63. The SMILES string of the molecule is CC(C)n1cnc2c1C(=O)c1ccccc1C2=O. The van der Waals surface area contributed by atoms with Crippen molar-refractivity contribution >= 4 is 11.6 Å². The van der Waals surface area contributed by atoms with Crippen LogP contribution < -0.4 is 0 Å². The molecule has 1 heterocycles. The number of carbonyl (C=O) groups is 2. The molecule has 1 aliphatic carbocycles. The first-order valence-electron chi connectivity index (χ1n) is 5.86. The summed E-state index contributed by atoms with van der Waals surface area (Å²) >= 11 is 0. The van der Waals surface area contributed by atoms with Crippen LogP contribution in [0.5, 0.6) is 0 Å². The molecule has 0 amide bonds. The molecule has 0 N–H and O–H groups in total. The third-order valence-corrected chi connectivity index (χ3v) is 3.20. The van der Waals surface area contributed by atoms with Gasteiger partial charge in [0.1, 0.15) is 11.4 Å². The molecule has 90 valence electrons. The Morgan fingerprint density at radius 1 is 1.06 bits per heavy atom. The van der Waals surface area contributed by atoms with E-state index >= 15 is 0 Å². The molecule has 0 unspecified atom stereocenters. The van der Waals surface area contributed by atoms with E-state index in [1.165, 1.54) is 0 Å². The number of carbonyl (C=O) groups excluding carboxylic acids is 2. The highest BCUT2D eigenvalue weighted by atomic mass is 16.1. The van der Waals surface area contributed by atoms with Crippen LogP contribution in [0, 0.1) is 0 Å². The average Bonchev–Trinajstić information content (AvgIpc) is 2.81. The first kappa shape index (κ1) is 10.9. The van der Waals surface area contributed by atoms with Crippen LogP contribution in [0.1, 0.15) is 52.0 Å².